The van der Waals surface area contributed by atoms with Gasteiger partial charge in [0.25, 0.3) is 5.92 Å². The number of anilines is 2. The number of carbonyl (C=O) groups excluding carboxylic acids is 2. The van der Waals surface area contributed by atoms with Gasteiger partial charge < -0.3 is 30.4 Å². The number of halogens is 5. The van der Waals surface area contributed by atoms with Crippen molar-refractivity contribution in [1.29, 1.82) is 0 Å². The van der Waals surface area contributed by atoms with Gasteiger partial charge in [-0.2, -0.15) is 13.2 Å². The van der Waals surface area contributed by atoms with Gasteiger partial charge in [-0.3, -0.25) is 4.79 Å². The van der Waals surface area contributed by atoms with Crippen LogP contribution < -0.4 is 15.5 Å². The van der Waals surface area contributed by atoms with Gasteiger partial charge in [-0.15, -0.1) is 0 Å². The van der Waals surface area contributed by atoms with Crippen LogP contribution in [0.4, 0.5) is 38.4 Å². The third-order valence-electron chi connectivity index (χ3n) is 6.41. The number of nitrogens with zero attached hydrogens (tertiary/aromatic N) is 5. The summed E-state index contributed by atoms with van der Waals surface area (Å²) in [5.41, 5.74) is -1.60. The van der Waals surface area contributed by atoms with Crippen LogP contribution in [0.5, 0.6) is 0 Å². The Morgan fingerprint density at radius 1 is 1.16 bits per heavy atom. The average molecular weight is 531 g/mol. The Kier molecular flexibility index (Phi) is 7.01. The SMILES string of the molecule is CN1C=C(C(F)(F)F)C=C(NC(=O)N(C)C2CCN(c3cnc(NC(=O)C4CC4)cn3)CC2(F)F)C1O. The lowest BCUT2D eigenvalue weighted by Gasteiger charge is -2.42. The highest BCUT2D eigenvalue weighted by Gasteiger charge is 2.48. The molecule has 1 saturated carbocycles. The molecule has 1 aromatic heterocycles. The fourth-order valence-corrected chi connectivity index (χ4v) is 4.12. The molecule has 1 saturated heterocycles. The largest absolute Gasteiger partial charge is 0.417 e. The summed E-state index contributed by atoms with van der Waals surface area (Å²) < 4.78 is 69.5. The van der Waals surface area contributed by atoms with E-state index in [1.807, 2.05) is 0 Å². The fourth-order valence-electron chi connectivity index (χ4n) is 4.12. The molecule has 0 spiro atoms. The second-order valence-electron chi connectivity index (χ2n) is 9.27. The lowest BCUT2D eigenvalue weighted by molar-refractivity contribution is -0.117. The van der Waals surface area contributed by atoms with Crippen LogP contribution in [-0.2, 0) is 4.79 Å². The van der Waals surface area contributed by atoms with E-state index in [2.05, 4.69) is 20.6 Å². The first-order chi connectivity index (χ1) is 17.3. The molecular weight excluding hydrogens is 505 g/mol. The number of alkyl halides is 5. The summed E-state index contributed by atoms with van der Waals surface area (Å²) in [6, 6.07) is -2.65. The van der Waals surface area contributed by atoms with E-state index in [9.17, 15) is 27.9 Å². The molecule has 3 N–H and O–H groups in total. The summed E-state index contributed by atoms with van der Waals surface area (Å²) in [7, 11) is 2.29. The number of piperidine rings is 1. The molecule has 4 rings (SSSR count). The number of amides is 3. The number of rotatable bonds is 5. The quantitative estimate of drug-likeness (QED) is 0.500. The Morgan fingerprint density at radius 3 is 2.43 bits per heavy atom. The van der Waals surface area contributed by atoms with Crippen molar-refractivity contribution in [3.63, 3.8) is 0 Å². The van der Waals surface area contributed by atoms with Crippen molar-refractivity contribution in [1.82, 2.24) is 25.1 Å². The van der Waals surface area contributed by atoms with Crippen LogP contribution in [0.1, 0.15) is 19.3 Å². The van der Waals surface area contributed by atoms with Crippen LogP contribution in [0, 0.1) is 5.92 Å². The number of allylic oxidation sites excluding steroid dienone is 2. The maximum absolute atomic E-state index is 15.1. The highest BCUT2D eigenvalue weighted by Crippen LogP contribution is 2.34. The van der Waals surface area contributed by atoms with Gasteiger partial charge in [0.05, 0.1) is 30.2 Å². The Bertz CT molecular complexity index is 1100. The molecule has 2 atom stereocenters. The average Bonchev–Trinajstić information content (AvgIpc) is 3.66. The van der Waals surface area contributed by atoms with Crippen LogP contribution in [0.15, 0.2) is 35.9 Å². The minimum atomic E-state index is -4.74. The summed E-state index contributed by atoms with van der Waals surface area (Å²) in [6.07, 6.45) is -1.09. The van der Waals surface area contributed by atoms with Gasteiger partial charge in [-0.1, -0.05) is 0 Å². The molecule has 2 fully saturated rings. The molecule has 1 aromatic rings. The van der Waals surface area contributed by atoms with E-state index >= 15 is 8.78 Å². The van der Waals surface area contributed by atoms with Crippen molar-refractivity contribution >= 4 is 23.6 Å². The number of hydrogen-bond donors (Lipinski definition) is 3. The number of urea groups is 1. The minimum absolute atomic E-state index is 0.0323. The molecule has 10 nitrogen and oxygen atoms in total. The zero-order chi connectivity index (χ0) is 27.1. The van der Waals surface area contributed by atoms with Gasteiger partial charge in [0.15, 0.2) is 12.0 Å². The van der Waals surface area contributed by atoms with Crippen molar-refractivity contribution in [3.05, 3.63) is 35.9 Å². The normalized spacial score (nSPS) is 23.7. The van der Waals surface area contributed by atoms with E-state index in [4.69, 9.17) is 0 Å². The molecule has 2 aliphatic heterocycles. The first-order valence-corrected chi connectivity index (χ1v) is 11.5. The molecule has 3 aliphatic rings. The van der Waals surface area contributed by atoms with E-state index in [1.54, 1.807) is 0 Å². The standard InChI is InChI=1S/C22H26F5N7O3/c1-32-10-13(22(25,26)27)7-14(19(32)36)30-20(37)33(2)15-5-6-34(11-21(15,23)24)17-9-28-16(8-29-17)31-18(35)12-3-4-12/h7-10,12,15,19,36H,3-6,11H2,1-2H3,(H,30,37)(H,28,31,35). The lowest BCUT2D eigenvalue weighted by Crippen LogP contribution is -2.60. The van der Waals surface area contributed by atoms with Crippen molar-refractivity contribution in [2.45, 2.75) is 43.6 Å². The van der Waals surface area contributed by atoms with Crippen molar-refractivity contribution in [2.75, 3.05) is 37.4 Å². The van der Waals surface area contributed by atoms with Crippen LogP contribution in [0.3, 0.4) is 0 Å². The van der Waals surface area contributed by atoms with E-state index in [0.29, 0.717) is 12.3 Å². The van der Waals surface area contributed by atoms with E-state index in [1.165, 1.54) is 24.3 Å². The number of aliphatic hydroxyl groups excluding tert-OH is 1. The van der Waals surface area contributed by atoms with Crippen LogP contribution in [0.25, 0.3) is 0 Å². The number of hydrogen-bond acceptors (Lipinski definition) is 7. The first-order valence-electron chi connectivity index (χ1n) is 11.5. The molecule has 15 heteroatoms. The van der Waals surface area contributed by atoms with Crippen LogP contribution in [-0.4, -0.2) is 88.4 Å². The number of aromatic nitrogens is 2. The smallest absolute Gasteiger partial charge is 0.368 e. The van der Waals surface area contributed by atoms with Crippen LogP contribution >= 0.6 is 0 Å². The maximum Gasteiger partial charge on any atom is 0.417 e. The maximum atomic E-state index is 15.1. The second-order valence-corrected chi connectivity index (χ2v) is 9.27. The summed E-state index contributed by atoms with van der Waals surface area (Å²) >= 11 is 0. The van der Waals surface area contributed by atoms with E-state index in [0.717, 1.165) is 29.7 Å². The van der Waals surface area contributed by atoms with Crippen molar-refractivity contribution in [3.8, 4) is 0 Å². The molecule has 37 heavy (non-hydrogen) atoms. The zero-order valence-corrected chi connectivity index (χ0v) is 20.0. The molecule has 0 radical (unpaired) electrons. The Morgan fingerprint density at radius 2 is 1.86 bits per heavy atom. The molecule has 1 aliphatic carbocycles. The Balaban J connectivity index is 1.39. The number of nitrogens with one attached hydrogen (secondary N) is 2. The third-order valence-corrected chi connectivity index (χ3v) is 6.41. The number of carbonyl (C=O) groups is 2. The van der Waals surface area contributed by atoms with E-state index in [-0.39, 0.29) is 36.4 Å². The molecule has 3 amide bonds. The van der Waals surface area contributed by atoms with Gasteiger partial charge in [-0.05, 0) is 25.3 Å². The van der Waals surface area contributed by atoms with Gasteiger partial charge in [0.2, 0.25) is 5.91 Å². The molecule has 0 aromatic carbocycles. The summed E-state index contributed by atoms with van der Waals surface area (Å²) in [4.78, 5) is 35.5. The lowest BCUT2D eigenvalue weighted by atomic mass is 9.99. The van der Waals surface area contributed by atoms with Gasteiger partial charge in [-0.25, -0.2) is 23.5 Å². The van der Waals surface area contributed by atoms with Crippen molar-refractivity contribution < 1.29 is 36.6 Å². The minimum Gasteiger partial charge on any atom is -0.368 e. The molecule has 2 unspecified atom stereocenters. The van der Waals surface area contributed by atoms with Crippen molar-refractivity contribution in [2.24, 2.45) is 5.92 Å². The number of aliphatic hydroxyl groups is 1. The van der Waals surface area contributed by atoms with E-state index < -0.39 is 48.2 Å². The van der Waals surface area contributed by atoms with Gasteiger partial charge >= 0.3 is 12.2 Å². The molecule has 202 valence electrons. The zero-order valence-electron chi connectivity index (χ0n) is 20.0. The van der Waals surface area contributed by atoms with Gasteiger partial charge in [0, 0.05) is 32.8 Å². The second kappa shape index (κ2) is 9.76. The predicted molar refractivity (Wildman–Crippen MR) is 121 cm³/mol. The van der Waals surface area contributed by atoms with Crippen LogP contribution in [0.2, 0.25) is 0 Å². The topological polar surface area (TPSA) is 114 Å². The van der Waals surface area contributed by atoms with Gasteiger partial charge in [0.1, 0.15) is 11.9 Å². The first kappa shape index (κ1) is 26.6. The Labute approximate surface area is 208 Å². The molecule has 3 heterocycles. The molecular formula is C22H26F5N7O3. The third kappa shape index (κ3) is 5.92. The highest BCUT2D eigenvalue weighted by molar-refractivity contribution is 5.93. The highest BCUT2D eigenvalue weighted by atomic mass is 19.4. The fraction of sp³-hybridized carbons (Fsp3) is 0.545. The summed E-state index contributed by atoms with van der Waals surface area (Å²) in [6.45, 7) is -0.692. The predicted octanol–water partition coefficient (Wildman–Crippen LogP) is 2.27. The Hall–Kier alpha value is -3.49. The number of likely N-dealkylation sites (N-methyl/N-ethyl adjacent to an activating group) is 1. The summed E-state index contributed by atoms with van der Waals surface area (Å²) in [5, 5.41) is 14.9. The monoisotopic (exact) mass is 531 g/mol. The molecule has 0 bridgehead atoms. The summed E-state index contributed by atoms with van der Waals surface area (Å²) in [5.74, 6) is -3.22.